The number of aliphatic hydroxyl groups is 1. The Morgan fingerprint density at radius 1 is 0.643 bits per heavy atom. The van der Waals surface area contributed by atoms with Crippen molar-refractivity contribution in [2.24, 2.45) is 0 Å². The molecule has 0 atom stereocenters. The molecule has 0 aliphatic heterocycles. The predicted octanol–water partition coefficient (Wildman–Crippen LogP) is 6.66. The van der Waals surface area contributed by atoms with Crippen LogP contribution in [0.25, 0.3) is 23.3 Å². The zero-order valence-electron chi connectivity index (χ0n) is 23.8. The summed E-state index contributed by atoms with van der Waals surface area (Å²) in [4.78, 5) is 22.4. The maximum atomic E-state index is 11.4. The Hall–Kier alpha value is -4.62. The van der Waals surface area contributed by atoms with Crippen molar-refractivity contribution in [2.75, 3.05) is 33.0 Å². The molecule has 0 saturated heterocycles. The molecular formula is C35H38O7. The molecule has 0 amide bonds. The van der Waals surface area contributed by atoms with E-state index in [-0.39, 0.29) is 25.4 Å². The molecule has 0 aliphatic carbocycles. The highest BCUT2D eigenvalue weighted by atomic mass is 16.6. The second-order valence-corrected chi connectivity index (χ2v) is 9.43. The van der Waals surface area contributed by atoms with Crippen LogP contribution in [0.15, 0.2) is 97.6 Å². The summed E-state index contributed by atoms with van der Waals surface area (Å²) in [5.74, 6) is 0.550. The van der Waals surface area contributed by atoms with Crippen molar-refractivity contribution in [3.8, 4) is 22.6 Å². The van der Waals surface area contributed by atoms with Crippen LogP contribution in [-0.2, 0) is 19.1 Å². The second kappa shape index (κ2) is 17.9. The van der Waals surface area contributed by atoms with E-state index in [4.69, 9.17) is 24.1 Å². The SMILES string of the molecule is C=CC(=O)OCCOc1ccc(/C=C/c2ccc(-c3ccc(OCCCCCCOC(=O)C(=C)CO)cc3)cc2)cc1. The molecule has 220 valence electrons. The third-order valence-electron chi connectivity index (χ3n) is 6.23. The lowest BCUT2D eigenvalue weighted by Crippen LogP contribution is -2.10. The number of esters is 2. The first kappa shape index (κ1) is 31.9. The molecule has 0 heterocycles. The van der Waals surface area contributed by atoms with Crippen LogP contribution in [0.3, 0.4) is 0 Å². The topological polar surface area (TPSA) is 91.3 Å². The Kier molecular flexibility index (Phi) is 13.6. The van der Waals surface area contributed by atoms with Gasteiger partial charge in [-0.2, -0.15) is 0 Å². The van der Waals surface area contributed by atoms with Crippen molar-refractivity contribution in [3.05, 3.63) is 109 Å². The van der Waals surface area contributed by atoms with Crippen LogP contribution in [0.4, 0.5) is 0 Å². The number of ether oxygens (including phenoxy) is 4. The first-order valence-electron chi connectivity index (χ1n) is 14.0. The van der Waals surface area contributed by atoms with Crippen molar-refractivity contribution in [1.82, 2.24) is 0 Å². The van der Waals surface area contributed by atoms with Gasteiger partial charge < -0.3 is 24.1 Å². The molecule has 0 fully saturated rings. The largest absolute Gasteiger partial charge is 0.494 e. The second-order valence-electron chi connectivity index (χ2n) is 9.43. The van der Waals surface area contributed by atoms with E-state index in [0.29, 0.717) is 19.0 Å². The fourth-order valence-electron chi connectivity index (χ4n) is 3.84. The van der Waals surface area contributed by atoms with Gasteiger partial charge in [-0.1, -0.05) is 73.8 Å². The standard InChI is InChI=1S/C35H38O7/c1-3-34(37)41-25-24-40-32-18-12-29(13-19-32)9-8-28-10-14-30(15-11-28)31-16-20-33(21-17-31)39-22-6-4-5-7-23-42-35(38)27(2)26-36/h3,8-21,36H,1-2,4-7,22-26H2/b9-8+. The van der Waals surface area contributed by atoms with Crippen LogP contribution in [0, 0.1) is 0 Å². The highest BCUT2D eigenvalue weighted by molar-refractivity contribution is 5.87. The van der Waals surface area contributed by atoms with Crippen LogP contribution in [-0.4, -0.2) is 50.1 Å². The summed E-state index contributed by atoms with van der Waals surface area (Å²) in [5, 5.41) is 8.84. The van der Waals surface area contributed by atoms with Gasteiger partial charge in [0.1, 0.15) is 24.7 Å². The quantitative estimate of drug-likeness (QED) is 0.0791. The van der Waals surface area contributed by atoms with Crippen LogP contribution < -0.4 is 9.47 Å². The van der Waals surface area contributed by atoms with E-state index in [1.807, 2.05) is 42.5 Å². The number of rotatable bonds is 18. The van der Waals surface area contributed by atoms with Gasteiger partial charge in [0, 0.05) is 6.08 Å². The maximum absolute atomic E-state index is 11.4. The molecule has 0 aromatic heterocycles. The molecule has 0 unspecified atom stereocenters. The monoisotopic (exact) mass is 570 g/mol. The van der Waals surface area contributed by atoms with Crippen molar-refractivity contribution < 1.29 is 33.6 Å². The molecule has 3 aromatic carbocycles. The summed E-state index contributed by atoms with van der Waals surface area (Å²) in [5.41, 5.74) is 4.46. The molecule has 7 nitrogen and oxygen atoms in total. The molecular weight excluding hydrogens is 532 g/mol. The third-order valence-corrected chi connectivity index (χ3v) is 6.23. The first-order chi connectivity index (χ1) is 20.5. The Morgan fingerprint density at radius 3 is 1.71 bits per heavy atom. The van der Waals surface area contributed by atoms with Gasteiger partial charge in [0.25, 0.3) is 0 Å². The van der Waals surface area contributed by atoms with Gasteiger partial charge in [-0.05, 0) is 72.2 Å². The summed E-state index contributed by atoms with van der Waals surface area (Å²) in [6, 6.07) is 24.2. The predicted molar refractivity (Wildman–Crippen MR) is 165 cm³/mol. The van der Waals surface area contributed by atoms with Crippen LogP contribution in [0.2, 0.25) is 0 Å². The Bertz CT molecular complexity index is 1310. The smallest absolute Gasteiger partial charge is 0.335 e. The average Bonchev–Trinajstić information content (AvgIpc) is 3.03. The normalized spacial score (nSPS) is 10.7. The summed E-state index contributed by atoms with van der Waals surface area (Å²) in [7, 11) is 0. The number of carbonyl (C=O) groups is 2. The summed E-state index contributed by atoms with van der Waals surface area (Å²) >= 11 is 0. The van der Waals surface area contributed by atoms with Crippen molar-refractivity contribution >= 4 is 24.1 Å². The Labute approximate surface area is 247 Å². The van der Waals surface area contributed by atoms with Gasteiger partial charge in [0.15, 0.2) is 0 Å². The van der Waals surface area contributed by atoms with Gasteiger partial charge in [-0.3, -0.25) is 0 Å². The van der Waals surface area contributed by atoms with Gasteiger partial charge in [0.05, 0.1) is 25.4 Å². The molecule has 0 spiro atoms. The van der Waals surface area contributed by atoms with Crippen molar-refractivity contribution in [1.29, 1.82) is 0 Å². The average molecular weight is 571 g/mol. The Balaban J connectivity index is 1.35. The highest BCUT2D eigenvalue weighted by Gasteiger charge is 2.06. The van der Waals surface area contributed by atoms with Crippen LogP contribution >= 0.6 is 0 Å². The minimum absolute atomic E-state index is 0.0783. The number of hydrogen-bond acceptors (Lipinski definition) is 7. The zero-order valence-corrected chi connectivity index (χ0v) is 23.8. The van der Waals surface area contributed by atoms with E-state index >= 15 is 0 Å². The number of carbonyl (C=O) groups excluding carboxylic acids is 2. The number of benzene rings is 3. The molecule has 42 heavy (non-hydrogen) atoms. The van der Waals surface area contributed by atoms with E-state index in [0.717, 1.165) is 59.8 Å². The van der Waals surface area contributed by atoms with E-state index in [9.17, 15) is 9.59 Å². The first-order valence-corrected chi connectivity index (χ1v) is 14.0. The van der Waals surface area contributed by atoms with Gasteiger partial charge in [0.2, 0.25) is 0 Å². The van der Waals surface area contributed by atoms with Gasteiger partial charge >= 0.3 is 11.9 Å². The fraction of sp³-hybridized carbons (Fsp3) is 0.257. The minimum Gasteiger partial charge on any atom is -0.494 e. The fourth-order valence-corrected chi connectivity index (χ4v) is 3.84. The summed E-state index contributed by atoms with van der Waals surface area (Å²) in [6.45, 7) is 7.84. The molecule has 3 aromatic rings. The minimum atomic E-state index is -0.536. The lowest BCUT2D eigenvalue weighted by atomic mass is 10.0. The van der Waals surface area contributed by atoms with E-state index in [1.54, 1.807) is 0 Å². The Morgan fingerprint density at radius 2 is 1.14 bits per heavy atom. The summed E-state index contributed by atoms with van der Waals surface area (Å²) in [6.07, 6.45) is 8.84. The highest BCUT2D eigenvalue weighted by Crippen LogP contribution is 2.24. The van der Waals surface area contributed by atoms with Crippen LogP contribution in [0.5, 0.6) is 11.5 Å². The van der Waals surface area contributed by atoms with E-state index < -0.39 is 11.9 Å². The molecule has 0 aliphatic rings. The van der Waals surface area contributed by atoms with Crippen molar-refractivity contribution in [2.45, 2.75) is 25.7 Å². The maximum Gasteiger partial charge on any atom is 0.335 e. The summed E-state index contributed by atoms with van der Waals surface area (Å²) < 4.78 is 21.4. The molecule has 0 saturated carbocycles. The lowest BCUT2D eigenvalue weighted by molar-refractivity contribution is -0.140. The lowest BCUT2D eigenvalue weighted by Gasteiger charge is -2.08. The number of hydrogen-bond donors (Lipinski definition) is 1. The van der Waals surface area contributed by atoms with E-state index in [2.05, 4.69) is 55.6 Å². The molecule has 1 N–H and O–H groups in total. The number of aliphatic hydroxyl groups excluding tert-OH is 1. The molecule has 0 radical (unpaired) electrons. The molecule has 7 heteroatoms. The van der Waals surface area contributed by atoms with E-state index in [1.165, 1.54) is 0 Å². The third kappa shape index (κ3) is 11.5. The van der Waals surface area contributed by atoms with Crippen LogP contribution in [0.1, 0.15) is 36.8 Å². The molecule has 3 rings (SSSR count). The number of unbranched alkanes of at least 4 members (excludes halogenated alkanes) is 3. The van der Waals surface area contributed by atoms with Gasteiger partial charge in [-0.15, -0.1) is 0 Å². The van der Waals surface area contributed by atoms with Gasteiger partial charge in [-0.25, -0.2) is 9.59 Å². The van der Waals surface area contributed by atoms with Crippen molar-refractivity contribution in [3.63, 3.8) is 0 Å². The zero-order chi connectivity index (χ0) is 30.0. The molecule has 0 bridgehead atoms.